The lowest BCUT2D eigenvalue weighted by Crippen LogP contribution is -2.42. The van der Waals surface area contributed by atoms with Crippen molar-refractivity contribution in [3.05, 3.63) is 70.8 Å². The van der Waals surface area contributed by atoms with Crippen LogP contribution in [0.25, 0.3) is 0 Å². The molecule has 0 aliphatic carbocycles. The number of nitrogens with zero attached hydrogens (tertiary/aromatic N) is 1. The van der Waals surface area contributed by atoms with E-state index in [1.54, 1.807) is 0 Å². The molecule has 1 atom stereocenters. The fourth-order valence-corrected chi connectivity index (χ4v) is 4.51. The van der Waals surface area contributed by atoms with Gasteiger partial charge in [0.2, 0.25) is 0 Å². The quantitative estimate of drug-likeness (QED) is 0.740. The van der Waals surface area contributed by atoms with Crippen LogP contribution < -0.4 is 5.32 Å². The Labute approximate surface area is 179 Å². The van der Waals surface area contributed by atoms with Gasteiger partial charge in [-0.3, -0.25) is 9.69 Å². The molecule has 0 saturated carbocycles. The Morgan fingerprint density at radius 1 is 1.13 bits per heavy atom. The Morgan fingerprint density at radius 3 is 2.77 bits per heavy atom. The number of carbonyl (C=O) groups excluding carboxylic acids is 1. The fraction of sp³-hybridized carbons (Fsp3) is 0.480. The highest BCUT2D eigenvalue weighted by Crippen LogP contribution is 2.21. The minimum absolute atomic E-state index is 0.119. The maximum absolute atomic E-state index is 12.6. The Balaban J connectivity index is 1.24. The minimum Gasteiger partial charge on any atom is -0.390 e. The summed E-state index contributed by atoms with van der Waals surface area (Å²) < 4.78 is 5.43. The molecule has 1 fully saturated rings. The van der Waals surface area contributed by atoms with E-state index in [4.69, 9.17) is 4.74 Å². The molecule has 2 aromatic carbocycles. The number of hydrogen-bond donors (Lipinski definition) is 2. The van der Waals surface area contributed by atoms with Crippen LogP contribution in [0.1, 0.15) is 39.9 Å². The zero-order valence-corrected chi connectivity index (χ0v) is 17.6. The molecule has 1 saturated heterocycles. The average molecular weight is 409 g/mol. The first-order valence-electron chi connectivity index (χ1n) is 11.1. The van der Waals surface area contributed by atoms with Gasteiger partial charge in [-0.05, 0) is 60.4 Å². The third kappa shape index (κ3) is 5.69. The lowest BCUT2D eigenvalue weighted by Gasteiger charge is -2.30. The zero-order valence-electron chi connectivity index (χ0n) is 17.6. The molecule has 1 amide bonds. The molecule has 4 rings (SSSR count). The van der Waals surface area contributed by atoms with Gasteiger partial charge in [0.1, 0.15) is 0 Å². The standard InChI is InChI=1S/C25H32N2O3/c28-24(18-27-11-8-21-5-1-2-6-23(21)17-27)16-26-25(29)22-7-3-4-20(15-22)14-19-9-12-30-13-10-19/h1-7,15,19,24,28H,8-14,16-18H2,(H,26,29)/t24-/m1/s1. The molecule has 2 aliphatic rings. The van der Waals surface area contributed by atoms with Gasteiger partial charge < -0.3 is 15.2 Å². The molecule has 2 N–H and O–H groups in total. The van der Waals surface area contributed by atoms with Crippen LogP contribution in [0.3, 0.4) is 0 Å². The van der Waals surface area contributed by atoms with Crippen molar-refractivity contribution in [2.24, 2.45) is 5.92 Å². The van der Waals surface area contributed by atoms with Crippen molar-refractivity contribution in [3.8, 4) is 0 Å². The van der Waals surface area contributed by atoms with Gasteiger partial charge in [0, 0.05) is 45.0 Å². The maximum atomic E-state index is 12.6. The van der Waals surface area contributed by atoms with E-state index in [0.29, 0.717) is 18.0 Å². The van der Waals surface area contributed by atoms with Crippen LogP contribution in [0.2, 0.25) is 0 Å². The lowest BCUT2D eigenvalue weighted by atomic mass is 9.92. The summed E-state index contributed by atoms with van der Waals surface area (Å²) in [6.07, 6.45) is 3.59. The lowest BCUT2D eigenvalue weighted by molar-refractivity contribution is 0.0665. The average Bonchev–Trinajstić information content (AvgIpc) is 2.78. The number of β-amino-alcohol motifs (C(OH)–C–C–N with tert-alkyl or cyclic N) is 1. The number of nitrogens with one attached hydrogen (secondary N) is 1. The van der Waals surface area contributed by atoms with Gasteiger partial charge in [-0.1, -0.05) is 36.4 Å². The van der Waals surface area contributed by atoms with E-state index in [1.807, 2.05) is 18.2 Å². The number of aliphatic hydroxyl groups is 1. The van der Waals surface area contributed by atoms with Gasteiger partial charge in [-0.15, -0.1) is 0 Å². The highest BCUT2D eigenvalue weighted by molar-refractivity contribution is 5.94. The number of benzene rings is 2. The van der Waals surface area contributed by atoms with E-state index in [0.717, 1.165) is 52.0 Å². The topological polar surface area (TPSA) is 61.8 Å². The Morgan fingerprint density at radius 2 is 1.93 bits per heavy atom. The number of amides is 1. The van der Waals surface area contributed by atoms with Crippen molar-refractivity contribution in [1.82, 2.24) is 10.2 Å². The van der Waals surface area contributed by atoms with Crippen LogP contribution >= 0.6 is 0 Å². The van der Waals surface area contributed by atoms with E-state index in [1.165, 1.54) is 16.7 Å². The first kappa shape index (κ1) is 21.0. The van der Waals surface area contributed by atoms with Gasteiger partial charge >= 0.3 is 0 Å². The first-order valence-corrected chi connectivity index (χ1v) is 11.1. The summed E-state index contributed by atoms with van der Waals surface area (Å²) in [5, 5.41) is 13.4. The van der Waals surface area contributed by atoms with Crippen molar-refractivity contribution < 1.29 is 14.6 Å². The van der Waals surface area contributed by atoms with Gasteiger partial charge in [-0.2, -0.15) is 0 Å². The number of carbonyl (C=O) groups is 1. The second kappa shape index (κ2) is 10.2. The van der Waals surface area contributed by atoms with Crippen molar-refractivity contribution in [2.75, 3.05) is 32.8 Å². The summed E-state index contributed by atoms with van der Waals surface area (Å²) in [7, 11) is 0. The summed E-state index contributed by atoms with van der Waals surface area (Å²) in [4.78, 5) is 14.9. The Hall–Kier alpha value is -2.21. The molecule has 160 valence electrons. The molecule has 2 aliphatic heterocycles. The van der Waals surface area contributed by atoms with Crippen LogP contribution in [-0.2, 0) is 24.1 Å². The smallest absolute Gasteiger partial charge is 0.251 e. The summed E-state index contributed by atoms with van der Waals surface area (Å²) in [5.74, 6) is 0.514. The summed E-state index contributed by atoms with van der Waals surface area (Å²) in [6, 6.07) is 16.4. The van der Waals surface area contributed by atoms with E-state index >= 15 is 0 Å². The Kier molecular flexibility index (Phi) is 7.16. The SMILES string of the molecule is O=C(NC[C@@H](O)CN1CCc2ccccc2C1)c1cccc(CC2CCOCC2)c1. The predicted molar refractivity (Wildman–Crippen MR) is 117 cm³/mol. The summed E-state index contributed by atoms with van der Waals surface area (Å²) >= 11 is 0. The first-order chi connectivity index (χ1) is 14.7. The molecular formula is C25H32N2O3. The normalized spacial score (nSPS) is 18.6. The number of hydrogen-bond acceptors (Lipinski definition) is 4. The molecule has 0 aromatic heterocycles. The van der Waals surface area contributed by atoms with Gasteiger partial charge in [0.15, 0.2) is 0 Å². The van der Waals surface area contributed by atoms with Gasteiger partial charge in [0.25, 0.3) is 5.91 Å². The number of rotatable bonds is 7. The molecule has 0 spiro atoms. The van der Waals surface area contributed by atoms with Crippen LogP contribution in [0.15, 0.2) is 48.5 Å². The minimum atomic E-state index is -0.579. The third-order valence-corrected chi connectivity index (χ3v) is 6.23. The fourth-order valence-electron chi connectivity index (χ4n) is 4.51. The zero-order chi connectivity index (χ0) is 20.8. The van der Waals surface area contributed by atoms with Crippen molar-refractivity contribution >= 4 is 5.91 Å². The summed E-state index contributed by atoms with van der Waals surface area (Å²) in [5.41, 5.74) is 4.60. The highest BCUT2D eigenvalue weighted by Gasteiger charge is 2.19. The van der Waals surface area contributed by atoms with E-state index in [2.05, 4.69) is 40.5 Å². The number of aliphatic hydroxyl groups excluding tert-OH is 1. The predicted octanol–water partition coefficient (Wildman–Crippen LogP) is 2.80. The molecule has 30 heavy (non-hydrogen) atoms. The van der Waals surface area contributed by atoms with E-state index in [9.17, 15) is 9.90 Å². The number of fused-ring (bicyclic) bond motifs is 1. The van der Waals surface area contributed by atoms with Crippen LogP contribution in [0.4, 0.5) is 0 Å². The largest absolute Gasteiger partial charge is 0.390 e. The molecular weight excluding hydrogens is 376 g/mol. The maximum Gasteiger partial charge on any atom is 0.251 e. The van der Waals surface area contributed by atoms with Crippen LogP contribution in [-0.4, -0.2) is 54.9 Å². The molecule has 2 aromatic rings. The van der Waals surface area contributed by atoms with Crippen LogP contribution in [0, 0.1) is 5.92 Å². The molecule has 0 unspecified atom stereocenters. The van der Waals surface area contributed by atoms with Crippen molar-refractivity contribution in [1.29, 1.82) is 0 Å². The van der Waals surface area contributed by atoms with Crippen LogP contribution in [0.5, 0.6) is 0 Å². The van der Waals surface area contributed by atoms with Crippen molar-refractivity contribution in [3.63, 3.8) is 0 Å². The molecule has 0 radical (unpaired) electrons. The summed E-state index contributed by atoms with van der Waals surface area (Å²) in [6.45, 7) is 4.31. The molecule has 0 bridgehead atoms. The molecule has 5 heteroatoms. The molecule has 2 heterocycles. The second-order valence-electron chi connectivity index (χ2n) is 8.58. The highest BCUT2D eigenvalue weighted by atomic mass is 16.5. The van der Waals surface area contributed by atoms with Gasteiger partial charge in [-0.25, -0.2) is 0 Å². The Bertz CT molecular complexity index is 848. The van der Waals surface area contributed by atoms with Gasteiger partial charge in [0.05, 0.1) is 6.10 Å². The van der Waals surface area contributed by atoms with Crippen molar-refractivity contribution in [2.45, 2.75) is 38.3 Å². The number of ether oxygens (including phenoxy) is 1. The molecule has 5 nitrogen and oxygen atoms in total. The third-order valence-electron chi connectivity index (χ3n) is 6.23. The second-order valence-corrected chi connectivity index (χ2v) is 8.58. The van der Waals surface area contributed by atoms with E-state index < -0.39 is 6.10 Å². The monoisotopic (exact) mass is 408 g/mol. The van der Waals surface area contributed by atoms with E-state index in [-0.39, 0.29) is 12.5 Å².